The van der Waals surface area contributed by atoms with E-state index in [2.05, 4.69) is 10.1 Å². The maximum atomic E-state index is 12.2. The zero-order chi connectivity index (χ0) is 18.4. The number of benzene rings is 2. The van der Waals surface area contributed by atoms with Crippen molar-refractivity contribution in [3.8, 4) is 0 Å². The first kappa shape index (κ1) is 17.0. The van der Waals surface area contributed by atoms with Gasteiger partial charge in [-0.2, -0.15) is 0 Å². The number of oxime groups is 1. The number of carbonyl (C=O) groups excluding carboxylic acids is 1. The fourth-order valence-electron chi connectivity index (χ4n) is 2.26. The molecule has 7 nitrogen and oxygen atoms in total. The maximum absolute atomic E-state index is 12.2. The Morgan fingerprint density at radius 3 is 2.38 bits per heavy atom. The quantitative estimate of drug-likeness (QED) is 0.304. The third kappa shape index (κ3) is 3.96. The summed E-state index contributed by atoms with van der Waals surface area (Å²) in [5.74, 6) is -0.786. The van der Waals surface area contributed by atoms with Crippen LogP contribution < -0.4 is 0 Å². The molecule has 0 spiro atoms. The van der Waals surface area contributed by atoms with E-state index in [-0.39, 0.29) is 11.3 Å². The first-order valence-corrected chi connectivity index (χ1v) is 7.65. The highest BCUT2D eigenvalue weighted by molar-refractivity contribution is 6.12. The molecule has 0 aliphatic rings. The van der Waals surface area contributed by atoms with Gasteiger partial charge in [0, 0.05) is 35.7 Å². The minimum Gasteiger partial charge on any atom is -0.312 e. The number of nitro groups is 1. The van der Waals surface area contributed by atoms with E-state index in [1.54, 1.807) is 24.5 Å². The first-order valence-electron chi connectivity index (χ1n) is 7.65. The van der Waals surface area contributed by atoms with E-state index in [1.165, 1.54) is 18.2 Å². The molecule has 0 saturated carbocycles. The summed E-state index contributed by atoms with van der Waals surface area (Å²) in [4.78, 5) is 31.6. The second-order valence-corrected chi connectivity index (χ2v) is 5.23. The molecule has 3 aromatic rings. The van der Waals surface area contributed by atoms with Gasteiger partial charge in [0.25, 0.3) is 5.69 Å². The summed E-state index contributed by atoms with van der Waals surface area (Å²) in [5.41, 5.74) is 1.69. The molecule has 0 aliphatic heterocycles. The predicted octanol–water partition coefficient (Wildman–Crippen LogP) is 3.60. The number of nitro benzene ring substituents is 1. The number of hydrogen-bond donors (Lipinski definition) is 0. The molecule has 0 atom stereocenters. The molecule has 7 heteroatoms. The van der Waals surface area contributed by atoms with Crippen LogP contribution in [0.25, 0.3) is 0 Å². The zero-order valence-corrected chi connectivity index (χ0v) is 13.5. The Hall–Kier alpha value is -3.87. The molecule has 2 aromatic carbocycles. The van der Waals surface area contributed by atoms with Crippen LogP contribution in [0.15, 0.2) is 84.3 Å². The van der Waals surface area contributed by atoms with Crippen LogP contribution in [-0.4, -0.2) is 21.6 Å². The number of rotatable bonds is 5. The lowest BCUT2D eigenvalue weighted by Gasteiger charge is -2.06. The molecule has 0 radical (unpaired) electrons. The lowest BCUT2D eigenvalue weighted by Crippen LogP contribution is -2.08. The van der Waals surface area contributed by atoms with E-state index in [9.17, 15) is 14.9 Å². The molecule has 1 heterocycles. The highest BCUT2D eigenvalue weighted by Crippen LogP contribution is 2.15. The summed E-state index contributed by atoms with van der Waals surface area (Å²) in [6.07, 6.45) is 3.23. The average molecular weight is 347 g/mol. The van der Waals surface area contributed by atoms with Crippen molar-refractivity contribution in [1.29, 1.82) is 0 Å². The van der Waals surface area contributed by atoms with Crippen LogP contribution in [0, 0.1) is 10.1 Å². The topological polar surface area (TPSA) is 94.7 Å². The largest absolute Gasteiger partial charge is 0.366 e. The van der Waals surface area contributed by atoms with E-state index >= 15 is 0 Å². The van der Waals surface area contributed by atoms with E-state index in [1.807, 2.05) is 30.3 Å². The van der Waals surface area contributed by atoms with Crippen LogP contribution in [0.1, 0.15) is 21.5 Å². The molecular weight excluding hydrogens is 334 g/mol. The van der Waals surface area contributed by atoms with Crippen LogP contribution in [0.2, 0.25) is 0 Å². The Bertz CT molecular complexity index is 915. The van der Waals surface area contributed by atoms with E-state index in [0.717, 1.165) is 11.6 Å². The third-order valence-electron chi connectivity index (χ3n) is 3.49. The molecule has 128 valence electrons. The van der Waals surface area contributed by atoms with Gasteiger partial charge in [-0.15, -0.1) is 0 Å². The summed E-state index contributed by atoms with van der Waals surface area (Å²) in [6, 6.07) is 18.0. The van der Waals surface area contributed by atoms with Crippen LogP contribution in [0.3, 0.4) is 0 Å². The average Bonchev–Trinajstić information content (AvgIpc) is 2.69. The first-order chi connectivity index (χ1) is 12.6. The van der Waals surface area contributed by atoms with Crippen LogP contribution in [0.4, 0.5) is 5.69 Å². The summed E-state index contributed by atoms with van der Waals surface area (Å²) < 4.78 is 0. The van der Waals surface area contributed by atoms with Crippen molar-refractivity contribution in [3.63, 3.8) is 0 Å². The zero-order valence-electron chi connectivity index (χ0n) is 13.5. The van der Waals surface area contributed by atoms with Crippen LogP contribution in [-0.2, 0) is 4.84 Å². The Morgan fingerprint density at radius 1 is 0.962 bits per heavy atom. The maximum Gasteiger partial charge on any atom is 0.366 e. The standard InChI is InChI=1S/C19H13N3O4/c23-19(15-8-4-10-17(12-15)22(24)25)26-21-18(14-6-2-1-3-7-14)16-9-5-11-20-13-16/h1-13H/b21-18-. The van der Waals surface area contributed by atoms with Crippen molar-refractivity contribution < 1.29 is 14.6 Å². The molecule has 0 bridgehead atoms. The lowest BCUT2D eigenvalue weighted by atomic mass is 10.0. The van der Waals surface area contributed by atoms with Crippen LogP contribution in [0.5, 0.6) is 0 Å². The van der Waals surface area contributed by atoms with Crippen molar-refractivity contribution in [2.45, 2.75) is 0 Å². The second-order valence-electron chi connectivity index (χ2n) is 5.23. The molecule has 1 aromatic heterocycles. The minimum atomic E-state index is -0.786. The SMILES string of the molecule is O=C(O/N=C(/c1ccccc1)c1cccnc1)c1cccc([N+](=O)[O-])c1. The molecule has 3 rings (SSSR count). The predicted molar refractivity (Wildman–Crippen MR) is 94.8 cm³/mol. The van der Waals surface area contributed by atoms with Crippen molar-refractivity contribution in [1.82, 2.24) is 4.98 Å². The molecule has 26 heavy (non-hydrogen) atoms. The summed E-state index contributed by atoms with van der Waals surface area (Å²) in [5, 5.41) is 14.8. The van der Waals surface area contributed by atoms with Gasteiger partial charge in [0.1, 0.15) is 5.71 Å². The van der Waals surface area contributed by atoms with Gasteiger partial charge in [-0.1, -0.05) is 41.6 Å². The van der Waals surface area contributed by atoms with Crippen molar-refractivity contribution in [2.24, 2.45) is 5.16 Å². The smallest absolute Gasteiger partial charge is 0.312 e. The van der Waals surface area contributed by atoms with Gasteiger partial charge in [-0.25, -0.2) is 4.79 Å². The van der Waals surface area contributed by atoms with Gasteiger partial charge < -0.3 is 4.84 Å². The van der Waals surface area contributed by atoms with Gasteiger partial charge in [0.2, 0.25) is 0 Å². The molecule has 0 N–H and O–H groups in total. The molecule has 0 unspecified atom stereocenters. The van der Waals surface area contributed by atoms with Gasteiger partial charge in [0.15, 0.2) is 0 Å². The molecule has 0 saturated heterocycles. The molecular formula is C19H13N3O4. The molecule has 0 aliphatic carbocycles. The number of carbonyl (C=O) groups is 1. The summed E-state index contributed by atoms with van der Waals surface area (Å²) >= 11 is 0. The van der Waals surface area contributed by atoms with Gasteiger partial charge in [-0.05, 0) is 18.2 Å². The number of non-ortho nitro benzene ring substituents is 1. The van der Waals surface area contributed by atoms with Crippen molar-refractivity contribution in [2.75, 3.05) is 0 Å². The Labute approximate surface area is 148 Å². The fraction of sp³-hybridized carbons (Fsp3) is 0. The van der Waals surface area contributed by atoms with Crippen molar-refractivity contribution in [3.05, 3.63) is 106 Å². The van der Waals surface area contributed by atoms with Crippen molar-refractivity contribution >= 4 is 17.4 Å². The van der Waals surface area contributed by atoms with Gasteiger partial charge in [0.05, 0.1) is 10.5 Å². The summed E-state index contributed by atoms with van der Waals surface area (Å²) in [7, 11) is 0. The van der Waals surface area contributed by atoms with E-state index in [0.29, 0.717) is 11.3 Å². The lowest BCUT2D eigenvalue weighted by molar-refractivity contribution is -0.384. The number of aromatic nitrogens is 1. The minimum absolute atomic E-state index is 0.0431. The Kier molecular flexibility index (Phi) is 5.09. The molecule has 0 amide bonds. The highest BCUT2D eigenvalue weighted by atomic mass is 16.7. The normalized spacial score (nSPS) is 11.0. The number of nitrogens with zero attached hydrogens (tertiary/aromatic N) is 3. The summed E-state index contributed by atoms with van der Waals surface area (Å²) in [6.45, 7) is 0. The number of pyridine rings is 1. The number of hydrogen-bond acceptors (Lipinski definition) is 6. The van der Waals surface area contributed by atoms with E-state index < -0.39 is 10.9 Å². The second kappa shape index (κ2) is 7.80. The Morgan fingerprint density at radius 2 is 1.69 bits per heavy atom. The third-order valence-corrected chi connectivity index (χ3v) is 3.49. The Balaban J connectivity index is 1.91. The van der Waals surface area contributed by atoms with Crippen LogP contribution >= 0.6 is 0 Å². The monoisotopic (exact) mass is 347 g/mol. The molecule has 0 fully saturated rings. The fourth-order valence-corrected chi connectivity index (χ4v) is 2.26. The highest BCUT2D eigenvalue weighted by Gasteiger charge is 2.14. The van der Waals surface area contributed by atoms with Gasteiger partial charge >= 0.3 is 5.97 Å². The van der Waals surface area contributed by atoms with E-state index in [4.69, 9.17) is 4.84 Å². The van der Waals surface area contributed by atoms with Gasteiger partial charge in [-0.3, -0.25) is 15.1 Å².